The highest BCUT2D eigenvalue weighted by atomic mass is 32.2. The van der Waals surface area contributed by atoms with E-state index in [9.17, 15) is 27.9 Å². The Balaban J connectivity index is 1.56. The molecule has 3 amide bonds. The Labute approximate surface area is 290 Å². The van der Waals surface area contributed by atoms with Crippen molar-refractivity contribution in [1.29, 1.82) is 0 Å². The summed E-state index contributed by atoms with van der Waals surface area (Å²) in [5, 5.41) is 18.0. The highest BCUT2D eigenvalue weighted by Crippen LogP contribution is 2.29. The van der Waals surface area contributed by atoms with Crippen LogP contribution in [0.25, 0.3) is 0 Å². The number of benzene rings is 2. The predicted molar refractivity (Wildman–Crippen MR) is 188 cm³/mol. The SMILES string of the molecule is COc1ccc(CC(C(CNC(=O)c2ccccc2O)NC(=O)C2CCC(NC(=O)OC(C)(C)C)CC2)S(=O)(=O)CC2CCCCC2)cc1. The maximum Gasteiger partial charge on any atom is 0.407 e. The number of aromatic hydroxyl groups is 1. The first-order valence-corrected chi connectivity index (χ1v) is 19.2. The molecule has 11 nitrogen and oxygen atoms in total. The van der Waals surface area contributed by atoms with Crippen LogP contribution in [-0.2, 0) is 25.8 Å². The number of para-hydroxylation sites is 1. The molecule has 2 aromatic carbocycles. The van der Waals surface area contributed by atoms with Crippen LogP contribution in [0.15, 0.2) is 48.5 Å². The van der Waals surface area contributed by atoms with Gasteiger partial charge < -0.3 is 30.5 Å². The number of phenolic OH excluding ortho intramolecular Hbond substituents is 1. The third-order valence-electron chi connectivity index (χ3n) is 9.48. The van der Waals surface area contributed by atoms with Gasteiger partial charge in [0.1, 0.15) is 17.1 Å². The number of hydrogen-bond acceptors (Lipinski definition) is 8. The summed E-state index contributed by atoms with van der Waals surface area (Å²) >= 11 is 0. The number of alkyl carbamates (subject to hydrolysis) is 1. The van der Waals surface area contributed by atoms with E-state index in [1.807, 2.05) is 12.1 Å². The monoisotopic (exact) mass is 699 g/mol. The first-order valence-electron chi connectivity index (χ1n) is 17.4. The Morgan fingerprint density at radius 1 is 0.918 bits per heavy atom. The van der Waals surface area contributed by atoms with Crippen LogP contribution in [0, 0.1) is 11.8 Å². The van der Waals surface area contributed by atoms with Crippen molar-refractivity contribution in [3.63, 3.8) is 0 Å². The second-order valence-corrected chi connectivity index (χ2v) is 16.7. The summed E-state index contributed by atoms with van der Waals surface area (Å²) in [7, 11) is -2.22. The molecule has 2 unspecified atom stereocenters. The van der Waals surface area contributed by atoms with E-state index < -0.39 is 44.6 Å². The molecule has 0 radical (unpaired) electrons. The Kier molecular flexibility index (Phi) is 13.4. The molecule has 2 fully saturated rings. The van der Waals surface area contributed by atoms with E-state index in [-0.39, 0.29) is 47.9 Å². The zero-order valence-electron chi connectivity index (χ0n) is 29.2. The molecule has 2 saturated carbocycles. The van der Waals surface area contributed by atoms with E-state index in [4.69, 9.17) is 9.47 Å². The highest BCUT2D eigenvalue weighted by molar-refractivity contribution is 7.92. The second kappa shape index (κ2) is 17.2. The Morgan fingerprint density at radius 3 is 2.18 bits per heavy atom. The lowest BCUT2D eigenvalue weighted by molar-refractivity contribution is -0.126. The van der Waals surface area contributed by atoms with E-state index >= 15 is 0 Å². The molecule has 2 atom stereocenters. The fraction of sp³-hybridized carbons (Fsp3) is 0.595. The largest absolute Gasteiger partial charge is 0.507 e. The third kappa shape index (κ3) is 11.6. The average molecular weight is 700 g/mol. The Bertz CT molecular complexity index is 1510. The lowest BCUT2D eigenvalue weighted by atomic mass is 9.85. The number of rotatable bonds is 13. The lowest BCUT2D eigenvalue weighted by Gasteiger charge is -2.33. The summed E-state index contributed by atoms with van der Waals surface area (Å²) in [6.07, 6.45) is 6.54. The van der Waals surface area contributed by atoms with Crippen LogP contribution in [0.1, 0.15) is 94.5 Å². The molecule has 270 valence electrons. The maximum atomic E-state index is 14.4. The molecule has 2 aliphatic carbocycles. The zero-order valence-corrected chi connectivity index (χ0v) is 30.0. The van der Waals surface area contributed by atoms with E-state index in [1.165, 1.54) is 12.1 Å². The van der Waals surface area contributed by atoms with Gasteiger partial charge in [0.15, 0.2) is 9.84 Å². The quantitative estimate of drug-likeness (QED) is 0.219. The summed E-state index contributed by atoms with van der Waals surface area (Å²) < 4.78 is 39.4. The van der Waals surface area contributed by atoms with Gasteiger partial charge in [0.05, 0.1) is 29.7 Å². The van der Waals surface area contributed by atoms with Gasteiger partial charge in [0, 0.05) is 18.5 Å². The molecule has 12 heteroatoms. The Morgan fingerprint density at radius 2 is 1.57 bits per heavy atom. The number of ether oxygens (including phenoxy) is 2. The molecule has 4 N–H and O–H groups in total. The molecular formula is C37H53N3O8S. The molecule has 0 aliphatic heterocycles. The van der Waals surface area contributed by atoms with Crippen LogP contribution >= 0.6 is 0 Å². The van der Waals surface area contributed by atoms with Crippen LogP contribution in [0.4, 0.5) is 4.79 Å². The standard InChI is InChI=1S/C37H53N3O8S/c1-37(2,3)48-36(44)39-28-18-16-27(17-19-28)34(42)40-31(23-38-35(43)30-12-8-9-13-32(30)41)33(22-25-14-20-29(47-4)21-15-25)49(45,46)24-26-10-6-5-7-11-26/h8-9,12-15,20-21,26-28,31,33,41H,5-7,10-11,16-19,22-24H2,1-4H3,(H,38,43)(H,39,44)(H,40,42). The summed E-state index contributed by atoms with van der Waals surface area (Å²) in [6, 6.07) is 12.2. The van der Waals surface area contributed by atoms with Crippen molar-refractivity contribution >= 4 is 27.7 Å². The van der Waals surface area contributed by atoms with Crippen molar-refractivity contribution < 1.29 is 37.4 Å². The van der Waals surface area contributed by atoms with Crippen molar-refractivity contribution in [1.82, 2.24) is 16.0 Å². The van der Waals surface area contributed by atoms with Crippen molar-refractivity contribution in [2.45, 2.75) is 108 Å². The highest BCUT2D eigenvalue weighted by Gasteiger charge is 2.38. The first kappa shape index (κ1) is 38.0. The smallest absolute Gasteiger partial charge is 0.407 e. The van der Waals surface area contributed by atoms with Crippen molar-refractivity contribution in [3.05, 3.63) is 59.7 Å². The van der Waals surface area contributed by atoms with Gasteiger partial charge in [-0.15, -0.1) is 0 Å². The molecule has 2 aliphatic rings. The Hall–Kier alpha value is -3.80. The number of methoxy groups -OCH3 is 1. The molecule has 0 bridgehead atoms. The number of sulfone groups is 1. The van der Waals surface area contributed by atoms with Crippen molar-refractivity contribution in [2.75, 3.05) is 19.4 Å². The van der Waals surface area contributed by atoms with Crippen LogP contribution < -0.4 is 20.7 Å². The van der Waals surface area contributed by atoms with Gasteiger partial charge in [0.2, 0.25) is 5.91 Å². The van der Waals surface area contributed by atoms with Gasteiger partial charge in [-0.1, -0.05) is 43.5 Å². The lowest BCUT2D eigenvalue weighted by Crippen LogP contribution is -2.56. The average Bonchev–Trinajstić information content (AvgIpc) is 3.05. The minimum Gasteiger partial charge on any atom is -0.507 e. The number of phenols is 1. The molecular weight excluding hydrogens is 646 g/mol. The number of carbonyl (C=O) groups is 3. The number of carbonyl (C=O) groups excluding carboxylic acids is 3. The van der Waals surface area contributed by atoms with Gasteiger partial charge in [0.25, 0.3) is 5.91 Å². The number of amides is 3. The molecule has 2 aromatic rings. The molecule has 0 heterocycles. The number of hydrogen-bond donors (Lipinski definition) is 4. The van der Waals surface area contributed by atoms with Crippen LogP contribution in [-0.4, -0.2) is 73.8 Å². The van der Waals surface area contributed by atoms with Gasteiger partial charge in [-0.2, -0.15) is 0 Å². The van der Waals surface area contributed by atoms with E-state index in [0.717, 1.165) is 37.7 Å². The number of nitrogens with one attached hydrogen (secondary N) is 3. The van der Waals surface area contributed by atoms with Crippen molar-refractivity contribution in [3.8, 4) is 11.5 Å². The molecule has 0 saturated heterocycles. The molecule has 0 spiro atoms. The van der Waals surface area contributed by atoms with E-state index in [1.54, 1.807) is 52.1 Å². The normalized spacial score (nSPS) is 20.0. The summed E-state index contributed by atoms with van der Waals surface area (Å²) in [5.41, 5.74) is 0.197. The van der Waals surface area contributed by atoms with Crippen LogP contribution in [0.2, 0.25) is 0 Å². The third-order valence-corrected chi connectivity index (χ3v) is 11.8. The minimum absolute atomic E-state index is 0.00898. The van der Waals surface area contributed by atoms with Crippen LogP contribution in [0.5, 0.6) is 11.5 Å². The molecule has 0 aromatic heterocycles. The fourth-order valence-corrected chi connectivity index (χ4v) is 9.18. The predicted octanol–water partition coefficient (Wildman–Crippen LogP) is 5.31. The van der Waals surface area contributed by atoms with Gasteiger partial charge >= 0.3 is 6.09 Å². The fourth-order valence-electron chi connectivity index (χ4n) is 6.83. The summed E-state index contributed by atoms with van der Waals surface area (Å²) in [6.45, 7) is 5.24. The van der Waals surface area contributed by atoms with Crippen LogP contribution in [0.3, 0.4) is 0 Å². The van der Waals surface area contributed by atoms with Gasteiger partial charge in [-0.05, 0) is 101 Å². The van der Waals surface area contributed by atoms with E-state index in [0.29, 0.717) is 31.4 Å². The topological polar surface area (TPSA) is 160 Å². The van der Waals surface area contributed by atoms with Gasteiger partial charge in [-0.25, -0.2) is 13.2 Å². The molecule has 49 heavy (non-hydrogen) atoms. The summed E-state index contributed by atoms with van der Waals surface area (Å²) in [5.74, 6) is -0.759. The van der Waals surface area contributed by atoms with E-state index in [2.05, 4.69) is 16.0 Å². The maximum absolute atomic E-state index is 14.4. The first-order chi connectivity index (χ1) is 23.2. The summed E-state index contributed by atoms with van der Waals surface area (Å²) in [4.78, 5) is 39.4. The second-order valence-electron chi connectivity index (χ2n) is 14.5. The van der Waals surface area contributed by atoms with Gasteiger partial charge in [-0.3, -0.25) is 9.59 Å². The molecule has 4 rings (SSSR count). The zero-order chi connectivity index (χ0) is 35.6. The minimum atomic E-state index is -3.78. The van der Waals surface area contributed by atoms with Crippen molar-refractivity contribution in [2.24, 2.45) is 11.8 Å².